The van der Waals surface area contributed by atoms with E-state index in [0.717, 1.165) is 51.2 Å². The molecule has 1 unspecified atom stereocenters. The molecule has 2 aliphatic heterocycles. The minimum atomic E-state index is -0.327. The fourth-order valence-corrected chi connectivity index (χ4v) is 3.46. The highest BCUT2D eigenvalue weighted by molar-refractivity contribution is 5.78. The van der Waals surface area contributed by atoms with Crippen LogP contribution in [0, 0.1) is 5.82 Å². The largest absolute Gasteiger partial charge is 0.494 e. The quantitative estimate of drug-likeness (QED) is 0.788. The lowest BCUT2D eigenvalue weighted by Gasteiger charge is -2.34. The number of nitrogens with zero attached hydrogens (tertiary/aromatic N) is 2. The molecule has 1 atom stereocenters. The molecule has 3 rings (SSSR count). The number of carbonyl (C=O) groups excluding carboxylic acids is 1. The summed E-state index contributed by atoms with van der Waals surface area (Å²) in [7, 11) is 1.47. The minimum Gasteiger partial charge on any atom is -0.494 e. The molecule has 144 valence electrons. The Bertz CT molecular complexity index is 600. The van der Waals surface area contributed by atoms with E-state index in [1.54, 1.807) is 6.07 Å². The van der Waals surface area contributed by atoms with Crippen LogP contribution < -0.4 is 10.1 Å². The molecule has 1 N–H and O–H groups in total. The monoisotopic (exact) mass is 365 g/mol. The van der Waals surface area contributed by atoms with E-state index < -0.39 is 0 Å². The summed E-state index contributed by atoms with van der Waals surface area (Å²) in [5.41, 5.74) is 0.936. The number of piperazine rings is 1. The summed E-state index contributed by atoms with van der Waals surface area (Å²) >= 11 is 0. The number of benzene rings is 1. The third-order valence-electron chi connectivity index (χ3n) is 5.01. The van der Waals surface area contributed by atoms with Crippen LogP contribution in [0.1, 0.15) is 18.4 Å². The number of methoxy groups -OCH3 is 1. The van der Waals surface area contributed by atoms with Crippen molar-refractivity contribution in [2.45, 2.75) is 25.5 Å². The van der Waals surface area contributed by atoms with Crippen molar-refractivity contribution in [3.8, 4) is 5.75 Å². The van der Waals surface area contributed by atoms with E-state index in [0.29, 0.717) is 19.6 Å². The number of nitrogens with one attached hydrogen (secondary N) is 1. The Morgan fingerprint density at radius 3 is 2.73 bits per heavy atom. The van der Waals surface area contributed by atoms with Gasteiger partial charge in [0.1, 0.15) is 0 Å². The Hall–Kier alpha value is -1.70. The average molecular weight is 365 g/mol. The first-order valence-electron chi connectivity index (χ1n) is 9.29. The van der Waals surface area contributed by atoms with E-state index in [9.17, 15) is 9.18 Å². The first-order chi connectivity index (χ1) is 12.6. The molecule has 7 heteroatoms. The predicted molar refractivity (Wildman–Crippen MR) is 96.7 cm³/mol. The van der Waals surface area contributed by atoms with Gasteiger partial charge in [0.25, 0.3) is 0 Å². The fraction of sp³-hybridized carbons (Fsp3) is 0.632. The van der Waals surface area contributed by atoms with E-state index in [2.05, 4.69) is 15.1 Å². The molecule has 0 aromatic heterocycles. The van der Waals surface area contributed by atoms with E-state index in [1.807, 2.05) is 6.07 Å². The van der Waals surface area contributed by atoms with Gasteiger partial charge in [-0.05, 0) is 30.5 Å². The second-order valence-corrected chi connectivity index (χ2v) is 6.96. The zero-order valence-electron chi connectivity index (χ0n) is 15.4. The van der Waals surface area contributed by atoms with Gasteiger partial charge in [-0.3, -0.25) is 14.6 Å². The molecule has 2 aliphatic rings. The van der Waals surface area contributed by atoms with Gasteiger partial charge in [-0.1, -0.05) is 6.07 Å². The van der Waals surface area contributed by atoms with Crippen molar-refractivity contribution >= 4 is 5.91 Å². The zero-order chi connectivity index (χ0) is 18.4. The zero-order valence-corrected chi connectivity index (χ0v) is 15.4. The number of hydrogen-bond donors (Lipinski definition) is 1. The molecule has 0 bridgehead atoms. The predicted octanol–water partition coefficient (Wildman–Crippen LogP) is 1.25. The Kier molecular flexibility index (Phi) is 6.82. The Morgan fingerprint density at radius 1 is 1.31 bits per heavy atom. The van der Waals surface area contributed by atoms with Crippen LogP contribution in [-0.4, -0.2) is 74.8 Å². The smallest absolute Gasteiger partial charge is 0.234 e. The molecule has 26 heavy (non-hydrogen) atoms. The van der Waals surface area contributed by atoms with Crippen LogP contribution in [-0.2, 0) is 16.1 Å². The Morgan fingerprint density at radius 2 is 2.08 bits per heavy atom. The highest BCUT2D eigenvalue weighted by Crippen LogP contribution is 2.19. The summed E-state index contributed by atoms with van der Waals surface area (Å²) in [6, 6.07) is 5.09. The van der Waals surface area contributed by atoms with Crippen molar-refractivity contribution in [2.24, 2.45) is 0 Å². The summed E-state index contributed by atoms with van der Waals surface area (Å²) < 4.78 is 24.3. The van der Waals surface area contributed by atoms with Gasteiger partial charge in [0.05, 0.1) is 19.8 Å². The van der Waals surface area contributed by atoms with Gasteiger partial charge in [0.15, 0.2) is 11.6 Å². The number of halogens is 1. The Labute approximate surface area is 154 Å². The summed E-state index contributed by atoms with van der Waals surface area (Å²) in [5.74, 6) is 0.00492. The highest BCUT2D eigenvalue weighted by Gasteiger charge is 2.21. The molecule has 1 aromatic carbocycles. The van der Waals surface area contributed by atoms with Crippen LogP contribution in [0.2, 0.25) is 0 Å². The van der Waals surface area contributed by atoms with Gasteiger partial charge in [-0.25, -0.2) is 4.39 Å². The van der Waals surface area contributed by atoms with Crippen molar-refractivity contribution in [3.05, 3.63) is 29.6 Å². The lowest BCUT2D eigenvalue weighted by molar-refractivity contribution is -0.123. The Balaban J connectivity index is 1.37. The average Bonchev–Trinajstić information content (AvgIpc) is 3.15. The van der Waals surface area contributed by atoms with Crippen LogP contribution in [0.4, 0.5) is 4.39 Å². The van der Waals surface area contributed by atoms with Crippen LogP contribution in [0.25, 0.3) is 0 Å². The standard InChI is InChI=1S/C19H28FN3O3/c1-25-18-5-4-15(11-17(18)20)13-22-6-8-23(9-7-22)14-19(24)21-12-16-3-2-10-26-16/h4-5,11,16H,2-3,6-10,12-14H2,1H3,(H,21,24). The lowest BCUT2D eigenvalue weighted by atomic mass is 10.2. The summed E-state index contributed by atoms with van der Waals surface area (Å²) in [4.78, 5) is 16.5. The van der Waals surface area contributed by atoms with Gasteiger partial charge >= 0.3 is 0 Å². The minimum absolute atomic E-state index is 0.0613. The molecule has 2 saturated heterocycles. The number of rotatable bonds is 7. The molecule has 0 spiro atoms. The second kappa shape index (κ2) is 9.30. The molecule has 2 fully saturated rings. The fourth-order valence-electron chi connectivity index (χ4n) is 3.46. The van der Waals surface area contributed by atoms with Crippen LogP contribution in [0.15, 0.2) is 18.2 Å². The van der Waals surface area contributed by atoms with Gasteiger partial charge in [0.2, 0.25) is 5.91 Å². The van der Waals surface area contributed by atoms with Crippen molar-refractivity contribution in [3.63, 3.8) is 0 Å². The van der Waals surface area contributed by atoms with Gasteiger partial charge in [-0.15, -0.1) is 0 Å². The maximum absolute atomic E-state index is 13.8. The third-order valence-corrected chi connectivity index (χ3v) is 5.01. The molecular weight excluding hydrogens is 337 g/mol. The van der Waals surface area contributed by atoms with E-state index in [1.165, 1.54) is 13.2 Å². The molecule has 1 amide bonds. The van der Waals surface area contributed by atoms with Crippen molar-refractivity contribution in [2.75, 3.05) is 53.0 Å². The molecule has 0 radical (unpaired) electrons. The molecule has 0 saturated carbocycles. The van der Waals surface area contributed by atoms with Crippen LogP contribution in [0.3, 0.4) is 0 Å². The van der Waals surface area contributed by atoms with Gasteiger partial charge < -0.3 is 14.8 Å². The SMILES string of the molecule is COc1ccc(CN2CCN(CC(=O)NCC3CCCO3)CC2)cc1F. The summed E-state index contributed by atoms with van der Waals surface area (Å²) in [6.45, 7) is 5.97. The van der Waals surface area contributed by atoms with Crippen LogP contribution in [0.5, 0.6) is 5.75 Å². The number of hydrogen-bond acceptors (Lipinski definition) is 5. The van der Waals surface area contributed by atoms with Crippen LogP contribution >= 0.6 is 0 Å². The van der Waals surface area contributed by atoms with Gasteiger partial charge in [0, 0.05) is 45.9 Å². The molecule has 1 aromatic rings. The summed E-state index contributed by atoms with van der Waals surface area (Å²) in [5, 5.41) is 2.97. The number of amides is 1. The second-order valence-electron chi connectivity index (χ2n) is 6.96. The normalized spacial score (nSPS) is 21.7. The first-order valence-corrected chi connectivity index (χ1v) is 9.29. The van der Waals surface area contributed by atoms with Crippen molar-refractivity contribution < 1.29 is 18.7 Å². The van der Waals surface area contributed by atoms with E-state index in [4.69, 9.17) is 9.47 Å². The maximum atomic E-state index is 13.8. The summed E-state index contributed by atoms with van der Waals surface area (Å²) in [6.07, 6.45) is 2.30. The van der Waals surface area contributed by atoms with Gasteiger partial charge in [-0.2, -0.15) is 0 Å². The van der Waals surface area contributed by atoms with Crippen molar-refractivity contribution in [1.82, 2.24) is 15.1 Å². The third kappa shape index (κ3) is 5.40. The van der Waals surface area contributed by atoms with Crippen molar-refractivity contribution in [1.29, 1.82) is 0 Å². The first kappa shape index (κ1) is 19.1. The van der Waals surface area contributed by atoms with E-state index >= 15 is 0 Å². The number of carbonyl (C=O) groups is 1. The molecule has 2 heterocycles. The molecule has 0 aliphatic carbocycles. The topological polar surface area (TPSA) is 54.0 Å². The highest BCUT2D eigenvalue weighted by atomic mass is 19.1. The maximum Gasteiger partial charge on any atom is 0.234 e. The molecule has 6 nitrogen and oxygen atoms in total. The molecular formula is C19H28FN3O3. The lowest BCUT2D eigenvalue weighted by Crippen LogP contribution is -2.49. The number of ether oxygens (including phenoxy) is 2. The van der Waals surface area contributed by atoms with E-state index in [-0.39, 0.29) is 23.6 Å².